The first-order chi connectivity index (χ1) is 9.49. The number of aryl methyl sites for hydroxylation is 1. The highest BCUT2D eigenvalue weighted by molar-refractivity contribution is 5.90. The number of pyridine rings is 1. The Morgan fingerprint density at radius 1 is 1.35 bits per heavy atom. The largest absolute Gasteiger partial charge is 0.331 e. The standard InChI is InChI=1S/C13H14N4O3/c1-9-4-3-6-14-12(9)15-10(18)8-17-7-5-11(19)16(2)13(17)20/h3-7H,8H2,1-2H3,(H,14,15,18). The summed E-state index contributed by atoms with van der Waals surface area (Å²) < 4.78 is 2.11. The van der Waals surface area contributed by atoms with Crippen LogP contribution in [0.25, 0.3) is 0 Å². The van der Waals surface area contributed by atoms with Gasteiger partial charge in [-0.2, -0.15) is 0 Å². The zero-order valence-corrected chi connectivity index (χ0v) is 11.2. The predicted molar refractivity (Wildman–Crippen MR) is 73.5 cm³/mol. The predicted octanol–water partition coefficient (Wildman–Crippen LogP) is -0.111. The van der Waals surface area contributed by atoms with Gasteiger partial charge in [-0.05, 0) is 18.6 Å². The molecule has 104 valence electrons. The number of nitrogens with one attached hydrogen (secondary N) is 1. The maximum atomic E-state index is 11.9. The molecule has 2 aromatic heterocycles. The summed E-state index contributed by atoms with van der Waals surface area (Å²) in [5, 5.41) is 2.62. The maximum Gasteiger partial charge on any atom is 0.331 e. The lowest BCUT2D eigenvalue weighted by molar-refractivity contribution is -0.116. The molecule has 0 radical (unpaired) electrons. The van der Waals surface area contributed by atoms with Crippen LogP contribution in [-0.4, -0.2) is 20.0 Å². The van der Waals surface area contributed by atoms with Gasteiger partial charge in [0.15, 0.2) is 0 Å². The monoisotopic (exact) mass is 274 g/mol. The molecule has 0 spiro atoms. The second kappa shape index (κ2) is 5.52. The van der Waals surface area contributed by atoms with Gasteiger partial charge in [-0.25, -0.2) is 9.78 Å². The maximum absolute atomic E-state index is 11.9. The Hall–Kier alpha value is -2.70. The highest BCUT2D eigenvalue weighted by Crippen LogP contribution is 2.08. The number of rotatable bonds is 3. The van der Waals surface area contributed by atoms with Crippen LogP contribution < -0.4 is 16.6 Å². The lowest BCUT2D eigenvalue weighted by Crippen LogP contribution is -2.39. The average molecular weight is 274 g/mol. The van der Waals surface area contributed by atoms with Crippen molar-refractivity contribution in [3.05, 3.63) is 57.0 Å². The van der Waals surface area contributed by atoms with Crippen molar-refractivity contribution in [1.82, 2.24) is 14.1 Å². The van der Waals surface area contributed by atoms with Crippen LogP contribution in [0.15, 0.2) is 40.2 Å². The SMILES string of the molecule is Cc1cccnc1NC(=O)Cn1ccc(=O)n(C)c1=O. The molecule has 0 aliphatic carbocycles. The Labute approximate surface area is 114 Å². The molecule has 0 aliphatic rings. The number of nitrogens with zero attached hydrogens (tertiary/aromatic N) is 3. The molecule has 7 nitrogen and oxygen atoms in total. The zero-order chi connectivity index (χ0) is 14.7. The van der Waals surface area contributed by atoms with E-state index in [-0.39, 0.29) is 12.5 Å². The molecule has 2 rings (SSSR count). The lowest BCUT2D eigenvalue weighted by atomic mass is 10.3. The summed E-state index contributed by atoms with van der Waals surface area (Å²) in [5.41, 5.74) is -0.119. The van der Waals surface area contributed by atoms with Gasteiger partial charge in [-0.3, -0.25) is 18.7 Å². The van der Waals surface area contributed by atoms with Gasteiger partial charge in [-0.15, -0.1) is 0 Å². The van der Waals surface area contributed by atoms with E-state index in [1.54, 1.807) is 12.3 Å². The van der Waals surface area contributed by atoms with Crippen molar-refractivity contribution in [1.29, 1.82) is 0 Å². The number of carbonyl (C=O) groups is 1. The van der Waals surface area contributed by atoms with Crippen LogP contribution in [-0.2, 0) is 18.4 Å². The Morgan fingerprint density at radius 3 is 2.80 bits per heavy atom. The summed E-state index contributed by atoms with van der Waals surface area (Å²) in [6.07, 6.45) is 2.87. The van der Waals surface area contributed by atoms with E-state index in [2.05, 4.69) is 10.3 Å². The quantitative estimate of drug-likeness (QED) is 0.846. The van der Waals surface area contributed by atoms with Crippen LogP contribution in [0.4, 0.5) is 5.82 Å². The van der Waals surface area contributed by atoms with Crippen molar-refractivity contribution < 1.29 is 4.79 Å². The zero-order valence-electron chi connectivity index (χ0n) is 11.2. The van der Waals surface area contributed by atoms with Crippen molar-refractivity contribution in [2.75, 3.05) is 5.32 Å². The first-order valence-electron chi connectivity index (χ1n) is 5.97. The molecule has 1 N–H and O–H groups in total. The molecule has 0 bridgehead atoms. The van der Waals surface area contributed by atoms with E-state index in [1.807, 2.05) is 13.0 Å². The van der Waals surface area contributed by atoms with Gasteiger partial charge in [0.05, 0.1) is 0 Å². The smallest absolute Gasteiger partial charge is 0.309 e. The van der Waals surface area contributed by atoms with Crippen molar-refractivity contribution in [2.45, 2.75) is 13.5 Å². The third-order valence-electron chi connectivity index (χ3n) is 2.84. The summed E-state index contributed by atoms with van der Waals surface area (Å²) >= 11 is 0. The van der Waals surface area contributed by atoms with Gasteiger partial charge in [0.2, 0.25) is 5.91 Å². The van der Waals surface area contributed by atoms with E-state index in [4.69, 9.17) is 0 Å². The van der Waals surface area contributed by atoms with Crippen molar-refractivity contribution in [3.63, 3.8) is 0 Å². The molecule has 2 heterocycles. The summed E-state index contributed by atoms with van der Waals surface area (Å²) in [4.78, 5) is 39.0. The number of carbonyl (C=O) groups excluding carboxylic acids is 1. The number of aromatic nitrogens is 3. The van der Waals surface area contributed by atoms with E-state index in [0.717, 1.165) is 14.7 Å². The lowest BCUT2D eigenvalue weighted by Gasteiger charge is -2.09. The minimum absolute atomic E-state index is 0.178. The van der Waals surface area contributed by atoms with Crippen LogP contribution in [0, 0.1) is 6.92 Å². The number of anilines is 1. The molecule has 0 aromatic carbocycles. The fourth-order valence-corrected chi connectivity index (χ4v) is 1.68. The van der Waals surface area contributed by atoms with Gasteiger partial charge < -0.3 is 5.32 Å². The third kappa shape index (κ3) is 2.82. The Kier molecular flexibility index (Phi) is 3.79. The molecule has 1 amide bonds. The Bertz CT molecular complexity index is 761. The molecule has 7 heteroatoms. The summed E-state index contributed by atoms with van der Waals surface area (Å²) in [6.45, 7) is 1.64. The van der Waals surface area contributed by atoms with Crippen molar-refractivity contribution in [2.24, 2.45) is 7.05 Å². The molecule has 2 aromatic rings. The van der Waals surface area contributed by atoms with Crippen molar-refractivity contribution >= 4 is 11.7 Å². The van der Waals surface area contributed by atoms with Crippen molar-refractivity contribution in [3.8, 4) is 0 Å². The first kappa shape index (κ1) is 13.7. The van der Waals surface area contributed by atoms with Gasteiger partial charge in [0.1, 0.15) is 12.4 Å². The van der Waals surface area contributed by atoms with Crippen LogP contribution >= 0.6 is 0 Å². The molecule has 0 saturated carbocycles. The van der Waals surface area contributed by atoms with Gasteiger partial charge >= 0.3 is 5.69 Å². The van der Waals surface area contributed by atoms with E-state index in [1.165, 1.54) is 19.3 Å². The summed E-state index contributed by atoms with van der Waals surface area (Å²) in [5.74, 6) is 0.0721. The van der Waals surface area contributed by atoms with Gasteiger partial charge in [0.25, 0.3) is 5.56 Å². The Balaban J connectivity index is 2.17. The fraction of sp³-hybridized carbons (Fsp3) is 0.231. The van der Waals surface area contributed by atoms with Gasteiger partial charge in [0, 0.05) is 25.5 Å². The second-order valence-electron chi connectivity index (χ2n) is 4.34. The number of hydrogen-bond acceptors (Lipinski definition) is 4. The minimum atomic E-state index is -0.537. The molecule has 0 atom stereocenters. The second-order valence-corrected chi connectivity index (χ2v) is 4.34. The fourth-order valence-electron chi connectivity index (χ4n) is 1.68. The number of amides is 1. The van der Waals surface area contributed by atoms with E-state index in [0.29, 0.717) is 5.82 Å². The van der Waals surface area contributed by atoms with Crippen LogP contribution in [0.5, 0.6) is 0 Å². The third-order valence-corrected chi connectivity index (χ3v) is 2.84. The van der Waals surface area contributed by atoms with Crippen LogP contribution in [0.1, 0.15) is 5.56 Å². The summed E-state index contributed by atoms with van der Waals surface area (Å²) in [6, 6.07) is 4.82. The van der Waals surface area contributed by atoms with E-state index < -0.39 is 11.2 Å². The first-order valence-corrected chi connectivity index (χ1v) is 5.97. The molecule has 0 fully saturated rings. The van der Waals surface area contributed by atoms with E-state index >= 15 is 0 Å². The highest BCUT2D eigenvalue weighted by Gasteiger charge is 2.08. The molecule has 0 unspecified atom stereocenters. The highest BCUT2D eigenvalue weighted by atomic mass is 16.2. The number of hydrogen-bond donors (Lipinski definition) is 1. The minimum Gasteiger partial charge on any atom is -0.309 e. The molecule has 0 aliphatic heterocycles. The molecular formula is C13H14N4O3. The average Bonchev–Trinajstić information content (AvgIpc) is 2.42. The molecule has 20 heavy (non-hydrogen) atoms. The Morgan fingerprint density at radius 2 is 2.10 bits per heavy atom. The summed E-state index contributed by atoms with van der Waals surface area (Å²) in [7, 11) is 1.36. The molecular weight excluding hydrogens is 260 g/mol. The van der Waals surface area contributed by atoms with Gasteiger partial charge in [-0.1, -0.05) is 6.07 Å². The molecule has 0 saturated heterocycles. The van der Waals surface area contributed by atoms with Crippen LogP contribution in [0.3, 0.4) is 0 Å². The van der Waals surface area contributed by atoms with Crippen LogP contribution in [0.2, 0.25) is 0 Å². The van der Waals surface area contributed by atoms with E-state index in [9.17, 15) is 14.4 Å². The topological polar surface area (TPSA) is 86.0 Å². The normalized spacial score (nSPS) is 10.3.